The SMILES string of the molecule is NCC(=O)NCCC1=CCCC1. The van der Waals surface area contributed by atoms with E-state index in [1.807, 2.05) is 0 Å². The van der Waals surface area contributed by atoms with Crippen LogP contribution in [0.25, 0.3) is 0 Å². The first-order chi connectivity index (χ1) is 5.83. The van der Waals surface area contributed by atoms with E-state index in [0.29, 0.717) is 0 Å². The standard InChI is InChI=1S/C9H16N2O/c10-7-9(12)11-6-5-8-3-1-2-4-8/h3H,1-2,4-7,10H2,(H,11,12). The molecular formula is C9H16N2O. The molecule has 0 spiro atoms. The van der Waals surface area contributed by atoms with Crippen LogP contribution in [0.1, 0.15) is 25.7 Å². The summed E-state index contributed by atoms with van der Waals surface area (Å²) in [4.78, 5) is 10.7. The predicted molar refractivity (Wildman–Crippen MR) is 48.6 cm³/mol. The molecule has 68 valence electrons. The maximum Gasteiger partial charge on any atom is 0.233 e. The monoisotopic (exact) mass is 168 g/mol. The van der Waals surface area contributed by atoms with Crippen molar-refractivity contribution in [3.8, 4) is 0 Å². The molecule has 1 aliphatic rings. The lowest BCUT2D eigenvalue weighted by atomic mass is 10.2. The second-order valence-corrected chi connectivity index (χ2v) is 3.06. The van der Waals surface area contributed by atoms with Crippen LogP contribution in [0.5, 0.6) is 0 Å². The largest absolute Gasteiger partial charge is 0.355 e. The molecule has 0 atom stereocenters. The average molecular weight is 168 g/mol. The van der Waals surface area contributed by atoms with E-state index in [1.54, 1.807) is 0 Å². The van der Waals surface area contributed by atoms with Crippen molar-refractivity contribution >= 4 is 5.91 Å². The minimum Gasteiger partial charge on any atom is -0.355 e. The lowest BCUT2D eigenvalue weighted by Crippen LogP contribution is -2.31. The zero-order valence-corrected chi connectivity index (χ0v) is 7.31. The second-order valence-electron chi connectivity index (χ2n) is 3.06. The van der Waals surface area contributed by atoms with Gasteiger partial charge in [-0.1, -0.05) is 11.6 Å². The van der Waals surface area contributed by atoms with E-state index in [1.165, 1.54) is 24.8 Å². The van der Waals surface area contributed by atoms with Gasteiger partial charge in [0.15, 0.2) is 0 Å². The number of nitrogens with two attached hydrogens (primary N) is 1. The molecule has 3 heteroatoms. The number of nitrogens with one attached hydrogen (secondary N) is 1. The molecule has 12 heavy (non-hydrogen) atoms. The Bertz CT molecular complexity index is 187. The fraction of sp³-hybridized carbons (Fsp3) is 0.667. The number of hydrogen-bond acceptors (Lipinski definition) is 2. The highest BCUT2D eigenvalue weighted by atomic mass is 16.1. The smallest absolute Gasteiger partial charge is 0.233 e. The minimum absolute atomic E-state index is 0.0615. The van der Waals surface area contributed by atoms with E-state index in [2.05, 4.69) is 11.4 Å². The summed E-state index contributed by atoms with van der Waals surface area (Å²) in [5.41, 5.74) is 6.62. The third kappa shape index (κ3) is 3.05. The Morgan fingerprint density at radius 3 is 3.08 bits per heavy atom. The summed E-state index contributed by atoms with van der Waals surface area (Å²) in [5, 5.41) is 2.75. The molecule has 0 aromatic carbocycles. The first-order valence-corrected chi connectivity index (χ1v) is 4.47. The minimum atomic E-state index is -0.0615. The fourth-order valence-electron chi connectivity index (χ4n) is 1.40. The second kappa shape index (κ2) is 4.93. The molecule has 0 radical (unpaired) electrons. The van der Waals surface area contributed by atoms with Gasteiger partial charge in [0.1, 0.15) is 0 Å². The first kappa shape index (κ1) is 9.26. The summed E-state index contributed by atoms with van der Waals surface area (Å²) < 4.78 is 0. The van der Waals surface area contributed by atoms with E-state index in [9.17, 15) is 4.79 Å². The van der Waals surface area contributed by atoms with Gasteiger partial charge in [-0.05, 0) is 25.7 Å². The van der Waals surface area contributed by atoms with Crippen LogP contribution < -0.4 is 11.1 Å². The number of carbonyl (C=O) groups is 1. The van der Waals surface area contributed by atoms with Crippen LogP contribution in [0.3, 0.4) is 0 Å². The maximum absolute atomic E-state index is 10.7. The average Bonchev–Trinajstić information content (AvgIpc) is 2.57. The molecule has 0 fully saturated rings. The van der Waals surface area contributed by atoms with E-state index in [-0.39, 0.29) is 12.5 Å². The zero-order chi connectivity index (χ0) is 8.81. The van der Waals surface area contributed by atoms with Gasteiger partial charge in [-0.2, -0.15) is 0 Å². The summed E-state index contributed by atoms with van der Waals surface area (Å²) in [5.74, 6) is -0.0615. The van der Waals surface area contributed by atoms with Crippen molar-refractivity contribution in [3.05, 3.63) is 11.6 Å². The Balaban J connectivity index is 2.05. The molecule has 0 saturated carbocycles. The summed E-state index contributed by atoms with van der Waals surface area (Å²) >= 11 is 0. The first-order valence-electron chi connectivity index (χ1n) is 4.47. The van der Waals surface area contributed by atoms with Crippen LogP contribution in [0.4, 0.5) is 0 Å². The quantitative estimate of drug-likeness (QED) is 0.603. The summed E-state index contributed by atoms with van der Waals surface area (Å²) in [6, 6.07) is 0. The van der Waals surface area contributed by atoms with E-state index >= 15 is 0 Å². The number of rotatable bonds is 4. The van der Waals surface area contributed by atoms with E-state index in [4.69, 9.17) is 5.73 Å². The molecule has 0 heterocycles. The van der Waals surface area contributed by atoms with Crippen molar-refractivity contribution in [2.45, 2.75) is 25.7 Å². The molecule has 0 unspecified atom stereocenters. The number of amides is 1. The number of allylic oxidation sites excluding steroid dienone is 1. The Labute approximate surface area is 73.0 Å². The van der Waals surface area contributed by atoms with Crippen molar-refractivity contribution in [2.24, 2.45) is 5.73 Å². The van der Waals surface area contributed by atoms with Crippen LogP contribution in [-0.4, -0.2) is 19.0 Å². The van der Waals surface area contributed by atoms with Gasteiger partial charge in [-0.15, -0.1) is 0 Å². The van der Waals surface area contributed by atoms with Crippen molar-refractivity contribution in [3.63, 3.8) is 0 Å². The lowest BCUT2D eigenvalue weighted by molar-refractivity contribution is -0.119. The molecule has 1 aliphatic carbocycles. The normalized spacial score (nSPS) is 15.9. The fourth-order valence-corrected chi connectivity index (χ4v) is 1.40. The van der Waals surface area contributed by atoms with Gasteiger partial charge in [0.2, 0.25) is 5.91 Å². The van der Waals surface area contributed by atoms with Gasteiger partial charge in [0.05, 0.1) is 6.54 Å². The Morgan fingerprint density at radius 2 is 2.50 bits per heavy atom. The molecule has 1 rings (SSSR count). The molecule has 0 aromatic heterocycles. The maximum atomic E-state index is 10.7. The summed E-state index contributed by atoms with van der Waals surface area (Å²) in [6.07, 6.45) is 6.96. The van der Waals surface area contributed by atoms with Crippen LogP contribution in [0.15, 0.2) is 11.6 Å². The van der Waals surface area contributed by atoms with Gasteiger partial charge in [0.25, 0.3) is 0 Å². The molecule has 3 N–H and O–H groups in total. The Kier molecular flexibility index (Phi) is 3.80. The Hall–Kier alpha value is -0.830. The predicted octanol–water partition coefficient (Wildman–Crippen LogP) is 0.562. The highest BCUT2D eigenvalue weighted by Gasteiger charge is 2.04. The highest BCUT2D eigenvalue weighted by Crippen LogP contribution is 2.19. The lowest BCUT2D eigenvalue weighted by Gasteiger charge is -2.03. The van der Waals surface area contributed by atoms with Gasteiger partial charge in [-0.25, -0.2) is 0 Å². The highest BCUT2D eigenvalue weighted by molar-refractivity contribution is 5.77. The van der Waals surface area contributed by atoms with Crippen molar-refractivity contribution < 1.29 is 4.79 Å². The summed E-state index contributed by atoms with van der Waals surface area (Å²) in [6.45, 7) is 0.834. The van der Waals surface area contributed by atoms with E-state index < -0.39 is 0 Å². The topological polar surface area (TPSA) is 55.1 Å². The molecule has 0 bridgehead atoms. The molecule has 0 aliphatic heterocycles. The van der Waals surface area contributed by atoms with Crippen LogP contribution >= 0.6 is 0 Å². The van der Waals surface area contributed by atoms with Crippen LogP contribution in [-0.2, 0) is 4.79 Å². The Morgan fingerprint density at radius 1 is 1.67 bits per heavy atom. The van der Waals surface area contributed by atoms with Crippen LogP contribution in [0.2, 0.25) is 0 Å². The molecule has 0 aromatic rings. The van der Waals surface area contributed by atoms with Gasteiger partial charge in [0, 0.05) is 6.54 Å². The summed E-state index contributed by atoms with van der Waals surface area (Å²) in [7, 11) is 0. The number of hydrogen-bond donors (Lipinski definition) is 2. The molecule has 1 amide bonds. The van der Waals surface area contributed by atoms with Gasteiger partial charge < -0.3 is 11.1 Å². The molecule has 0 saturated heterocycles. The van der Waals surface area contributed by atoms with E-state index in [0.717, 1.165) is 13.0 Å². The van der Waals surface area contributed by atoms with Crippen LogP contribution in [0, 0.1) is 0 Å². The third-order valence-corrected chi connectivity index (χ3v) is 2.09. The zero-order valence-electron chi connectivity index (χ0n) is 7.31. The number of carbonyl (C=O) groups excluding carboxylic acids is 1. The van der Waals surface area contributed by atoms with Crippen molar-refractivity contribution in [2.75, 3.05) is 13.1 Å². The molecular weight excluding hydrogens is 152 g/mol. The van der Waals surface area contributed by atoms with Crippen molar-refractivity contribution in [1.29, 1.82) is 0 Å². The molecule has 3 nitrogen and oxygen atoms in total. The van der Waals surface area contributed by atoms with Crippen molar-refractivity contribution in [1.82, 2.24) is 5.32 Å². The van der Waals surface area contributed by atoms with Gasteiger partial charge >= 0.3 is 0 Å². The third-order valence-electron chi connectivity index (χ3n) is 2.09. The van der Waals surface area contributed by atoms with Gasteiger partial charge in [-0.3, -0.25) is 4.79 Å².